The monoisotopic (exact) mass is 444 g/mol. The van der Waals surface area contributed by atoms with E-state index in [1.807, 2.05) is 30.3 Å². The average molecular weight is 444 g/mol. The number of aromatic nitrogens is 2. The number of H-pyrrole nitrogens is 1. The van der Waals surface area contributed by atoms with Gasteiger partial charge >= 0.3 is 5.69 Å². The Kier molecular flexibility index (Phi) is 4.48. The highest BCUT2D eigenvalue weighted by Crippen LogP contribution is 2.40. The highest BCUT2D eigenvalue weighted by atomic mass is 16.6. The molecule has 4 atom stereocenters. The van der Waals surface area contributed by atoms with E-state index in [-0.39, 0.29) is 0 Å². The van der Waals surface area contributed by atoms with Crippen LogP contribution in [0.1, 0.15) is 6.23 Å². The SMILES string of the molecule is O=c1ccn(C2OC(CO)C(O)C2Oc2ccc3ccc4cccc5ccc2c3c45)c(=O)[nH]1. The topological polar surface area (TPSA) is 114 Å². The van der Waals surface area contributed by atoms with Crippen LogP contribution in [-0.2, 0) is 4.74 Å². The third-order valence-electron chi connectivity index (χ3n) is 6.37. The lowest BCUT2D eigenvalue weighted by molar-refractivity contribution is -0.0522. The summed E-state index contributed by atoms with van der Waals surface area (Å²) in [5, 5.41) is 26.8. The van der Waals surface area contributed by atoms with E-state index >= 15 is 0 Å². The van der Waals surface area contributed by atoms with Crippen LogP contribution in [0.5, 0.6) is 5.75 Å². The van der Waals surface area contributed by atoms with Gasteiger partial charge in [-0.2, -0.15) is 0 Å². The summed E-state index contributed by atoms with van der Waals surface area (Å²) in [5.74, 6) is 0.523. The maximum absolute atomic E-state index is 12.4. The molecule has 5 aromatic rings. The zero-order chi connectivity index (χ0) is 22.7. The zero-order valence-electron chi connectivity index (χ0n) is 17.3. The molecule has 8 nitrogen and oxygen atoms in total. The Morgan fingerprint density at radius 3 is 2.36 bits per heavy atom. The van der Waals surface area contributed by atoms with Crippen molar-refractivity contribution >= 4 is 32.3 Å². The van der Waals surface area contributed by atoms with Crippen molar-refractivity contribution in [1.82, 2.24) is 9.55 Å². The predicted octanol–water partition coefficient (Wildman–Crippen LogP) is 2.13. The van der Waals surface area contributed by atoms with Gasteiger partial charge in [0.05, 0.1) is 6.61 Å². The molecule has 0 spiro atoms. The number of ether oxygens (including phenoxy) is 2. The number of aromatic amines is 1. The fourth-order valence-corrected chi connectivity index (χ4v) is 4.81. The molecule has 1 saturated heterocycles. The Balaban J connectivity index is 1.49. The summed E-state index contributed by atoms with van der Waals surface area (Å²) in [7, 11) is 0. The van der Waals surface area contributed by atoms with Crippen LogP contribution in [0.15, 0.2) is 76.4 Å². The summed E-state index contributed by atoms with van der Waals surface area (Å²) >= 11 is 0. The van der Waals surface area contributed by atoms with E-state index < -0.39 is 42.4 Å². The van der Waals surface area contributed by atoms with Crippen LogP contribution in [0.4, 0.5) is 0 Å². The third-order valence-corrected chi connectivity index (χ3v) is 6.37. The summed E-state index contributed by atoms with van der Waals surface area (Å²) in [4.78, 5) is 26.1. The molecular formula is C25H20N2O6. The Hall–Kier alpha value is -3.72. The van der Waals surface area contributed by atoms with Gasteiger partial charge in [-0.1, -0.05) is 42.5 Å². The van der Waals surface area contributed by atoms with Crippen LogP contribution < -0.4 is 16.0 Å². The minimum Gasteiger partial charge on any atom is -0.482 e. The molecule has 1 aliphatic rings. The molecule has 1 aromatic heterocycles. The van der Waals surface area contributed by atoms with E-state index in [0.717, 1.165) is 36.9 Å². The number of rotatable bonds is 4. The number of nitrogens with one attached hydrogen (secondary N) is 1. The molecule has 0 saturated carbocycles. The van der Waals surface area contributed by atoms with E-state index in [1.165, 1.54) is 12.3 Å². The van der Waals surface area contributed by atoms with Crippen molar-refractivity contribution in [2.24, 2.45) is 0 Å². The van der Waals surface area contributed by atoms with Gasteiger partial charge in [0.2, 0.25) is 0 Å². The van der Waals surface area contributed by atoms with Gasteiger partial charge in [-0.15, -0.1) is 0 Å². The van der Waals surface area contributed by atoms with E-state index in [1.54, 1.807) is 0 Å². The molecule has 4 unspecified atom stereocenters. The first-order valence-corrected chi connectivity index (χ1v) is 10.6. The van der Waals surface area contributed by atoms with Gasteiger partial charge in [-0.25, -0.2) is 4.79 Å². The molecule has 3 N–H and O–H groups in total. The van der Waals surface area contributed by atoms with Crippen LogP contribution >= 0.6 is 0 Å². The minimum absolute atomic E-state index is 0.450. The van der Waals surface area contributed by atoms with Crippen molar-refractivity contribution < 1.29 is 19.7 Å². The fourth-order valence-electron chi connectivity index (χ4n) is 4.81. The Morgan fingerprint density at radius 1 is 0.939 bits per heavy atom. The van der Waals surface area contributed by atoms with Gasteiger partial charge in [0.1, 0.15) is 18.0 Å². The predicted molar refractivity (Wildman–Crippen MR) is 123 cm³/mol. The molecule has 166 valence electrons. The number of hydrogen-bond acceptors (Lipinski definition) is 6. The lowest BCUT2D eigenvalue weighted by Crippen LogP contribution is -2.41. The lowest BCUT2D eigenvalue weighted by atomic mass is 9.94. The van der Waals surface area contributed by atoms with Gasteiger partial charge in [0.15, 0.2) is 12.3 Å². The molecule has 1 aliphatic heterocycles. The van der Waals surface area contributed by atoms with Gasteiger partial charge in [-0.05, 0) is 33.7 Å². The van der Waals surface area contributed by atoms with Gasteiger partial charge < -0.3 is 19.7 Å². The first kappa shape index (κ1) is 19.9. The molecule has 0 aliphatic carbocycles. The number of aliphatic hydroxyl groups is 2. The van der Waals surface area contributed by atoms with Gasteiger partial charge in [0.25, 0.3) is 5.56 Å². The Bertz CT molecular complexity index is 1590. The van der Waals surface area contributed by atoms with E-state index in [2.05, 4.69) is 29.2 Å². The third kappa shape index (κ3) is 3.03. The van der Waals surface area contributed by atoms with E-state index in [0.29, 0.717) is 5.75 Å². The molecular weight excluding hydrogens is 424 g/mol. The highest BCUT2D eigenvalue weighted by molar-refractivity contribution is 6.24. The van der Waals surface area contributed by atoms with Crippen LogP contribution in [-0.4, -0.2) is 44.7 Å². The second-order valence-electron chi connectivity index (χ2n) is 8.26. The summed E-state index contributed by atoms with van der Waals surface area (Å²) in [6.45, 7) is -0.450. The molecule has 0 radical (unpaired) electrons. The Morgan fingerprint density at radius 2 is 1.64 bits per heavy atom. The van der Waals surface area contributed by atoms with Crippen LogP contribution in [0.25, 0.3) is 32.3 Å². The molecule has 2 heterocycles. The Labute approximate surface area is 186 Å². The highest BCUT2D eigenvalue weighted by Gasteiger charge is 2.46. The number of hydrogen-bond donors (Lipinski definition) is 3. The van der Waals surface area contributed by atoms with Crippen LogP contribution in [0.2, 0.25) is 0 Å². The van der Waals surface area contributed by atoms with Crippen LogP contribution in [0, 0.1) is 0 Å². The standard InChI is InChI=1S/C25H20N2O6/c28-12-18-22(30)23(24(33-18)27-11-10-19(29)26-25(27)31)32-17-9-7-15-5-4-13-2-1-3-14-6-8-16(17)21(15)20(13)14/h1-11,18,22-24,28,30H,12H2,(H,26,29,31). The second kappa shape index (κ2) is 7.41. The molecule has 4 aromatic carbocycles. The first-order valence-electron chi connectivity index (χ1n) is 10.6. The van der Waals surface area contributed by atoms with Crippen molar-refractivity contribution in [2.75, 3.05) is 6.61 Å². The summed E-state index contributed by atoms with van der Waals surface area (Å²) in [6, 6.07) is 19.3. The molecule has 8 heteroatoms. The smallest absolute Gasteiger partial charge is 0.330 e. The van der Waals surface area contributed by atoms with Crippen LogP contribution in [0.3, 0.4) is 0 Å². The number of nitrogens with zero attached hydrogens (tertiary/aromatic N) is 1. The van der Waals surface area contributed by atoms with Crippen molar-refractivity contribution in [1.29, 1.82) is 0 Å². The largest absolute Gasteiger partial charge is 0.482 e. The number of aliphatic hydroxyl groups excluding tert-OH is 2. The van der Waals surface area contributed by atoms with E-state index in [4.69, 9.17) is 9.47 Å². The molecule has 33 heavy (non-hydrogen) atoms. The number of benzene rings is 4. The average Bonchev–Trinajstić information content (AvgIpc) is 3.13. The normalized spacial score (nSPS) is 23.1. The zero-order valence-corrected chi connectivity index (χ0v) is 17.3. The first-order chi connectivity index (χ1) is 16.0. The maximum atomic E-state index is 12.4. The van der Waals surface area contributed by atoms with Crippen molar-refractivity contribution in [3.8, 4) is 5.75 Å². The minimum atomic E-state index is -1.20. The summed E-state index contributed by atoms with van der Waals surface area (Å²) in [5.41, 5.74) is -1.24. The van der Waals surface area contributed by atoms with Gasteiger partial charge in [0, 0.05) is 23.0 Å². The quantitative estimate of drug-likeness (QED) is 0.366. The molecule has 0 amide bonds. The molecule has 0 bridgehead atoms. The second-order valence-corrected chi connectivity index (χ2v) is 8.26. The van der Waals surface area contributed by atoms with Crippen molar-refractivity contribution in [2.45, 2.75) is 24.5 Å². The molecule has 6 rings (SSSR count). The van der Waals surface area contributed by atoms with E-state index in [9.17, 15) is 19.8 Å². The summed E-state index contributed by atoms with van der Waals surface area (Å²) in [6.07, 6.45) is -2.89. The maximum Gasteiger partial charge on any atom is 0.330 e. The van der Waals surface area contributed by atoms with Crippen molar-refractivity contribution in [3.63, 3.8) is 0 Å². The molecule has 1 fully saturated rings. The van der Waals surface area contributed by atoms with Gasteiger partial charge in [-0.3, -0.25) is 14.3 Å². The van der Waals surface area contributed by atoms with Crippen molar-refractivity contribution in [3.05, 3.63) is 87.7 Å². The summed E-state index contributed by atoms with van der Waals surface area (Å²) < 4.78 is 13.2. The lowest BCUT2D eigenvalue weighted by Gasteiger charge is -2.24. The fraction of sp³-hybridized carbons (Fsp3) is 0.200.